The number of nitrogen functional groups attached to an aromatic ring is 1. The number of nitrogens with one attached hydrogen (secondary N) is 1. The number of hydrogen-bond acceptors (Lipinski definition) is 2. The molecule has 0 bridgehead atoms. The Kier molecular flexibility index (Phi) is 4.74. The van der Waals surface area contributed by atoms with Gasteiger partial charge in [-0.1, -0.05) is 28.1 Å². The van der Waals surface area contributed by atoms with Crippen LogP contribution in [0.1, 0.15) is 11.1 Å². The van der Waals surface area contributed by atoms with Crippen molar-refractivity contribution in [3.05, 3.63) is 63.9 Å². The number of anilines is 1. The average molecular weight is 337 g/mol. The van der Waals surface area contributed by atoms with Gasteiger partial charge in [-0.3, -0.25) is 4.79 Å². The molecular formula is C15H14BrFN2O. The third-order valence-electron chi connectivity index (χ3n) is 2.83. The molecule has 20 heavy (non-hydrogen) atoms. The number of benzene rings is 2. The molecule has 0 unspecified atom stereocenters. The van der Waals surface area contributed by atoms with Crippen LogP contribution >= 0.6 is 15.9 Å². The number of carbonyl (C=O) groups is 1. The second-order valence-corrected chi connectivity index (χ2v) is 5.35. The largest absolute Gasteiger partial charge is 0.399 e. The van der Waals surface area contributed by atoms with Gasteiger partial charge in [-0.05, 0) is 35.9 Å². The van der Waals surface area contributed by atoms with Crippen LogP contribution in [0.3, 0.4) is 0 Å². The number of hydrogen-bond donors (Lipinski definition) is 2. The molecular weight excluding hydrogens is 323 g/mol. The standard InChI is InChI=1S/C15H14BrFN2O/c16-12-3-6-14(17)11(8-12)9-19-15(20)7-10-1-4-13(18)5-2-10/h1-6,8H,7,9,18H2,(H,19,20). The molecule has 0 aliphatic heterocycles. The first-order valence-electron chi connectivity index (χ1n) is 6.09. The van der Waals surface area contributed by atoms with Crippen molar-refractivity contribution >= 4 is 27.5 Å². The summed E-state index contributed by atoms with van der Waals surface area (Å²) < 4.78 is 14.3. The van der Waals surface area contributed by atoms with Gasteiger partial charge in [0.1, 0.15) is 5.82 Å². The van der Waals surface area contributed by atoms with Crippen molar-refractivity contribution in [1.29, 1.82) is 0 Å². The molecule has 0 radical (unpaired) electrons. The third-order valence-corrected chi connectivity index (χ3v) is 3.32. The van der Waals surface area contributed by atoms with E-state index in [1.165, 1.54) is 6.07 Å². The molecule has 5 heteroatoms. The second-order valence-electron chi connectivity index (χ2n) is 4.43. The zero-order valence-corrected chi connectivity index (χ0v) is 12.3. The summed E-state index contributed by atoms with van der Waals surface area (Å²) >= 11 is 3.27. The van der Waals surface area contributed by atoms with Crippen LogP contribution in [-0.4, -0.2) is 5.91 Å². The van der Waals surface area contributed by atoms with Crippen molar-refractivity contribution in [3.8, 4) is 0 Å². The maximum absolute atomic E-state index is 13.5. The average Bonchev–Trinajstić information content (AvgIpc) is 2.42. The fraction of sp³-hybridized carbons (Fsp3) is 0.133. The summed E-state index contributed by atoms with van der Waals surface area (Å²) in [6.07, 6.45) is 0.246. The molecule has 0 aromatic heterocycles. The number of amides is 1. The van der Waals surface area contributed by atoms with Crippen molar-refractivity contribution in [1.82, 2.24) is 5.32 Å². The Bertz CT molecular complexity index is 614. The van der Waals surface area contributed by atoms with E-state index in [9.17, 15) is 9.18 Å². The maximum Gasteiger partial charge on any atom is 0.224 e. The lowest BCUT2D eigenvalue weighted by atomic mass is 10.1. The fourth-order valence-electron chi connectivity index (χ4n) is 1.76. The van der Waals surface area contributed by atoms with Crippen LogP contribution in [0.5, 0.6) is 0 Å². The van der Waals surface area contributed by atoms with Crippen molar-refractivity contribution in [2.75, 3.05) is 5.73 Å². The van der Waals surface area contributed by atoms with Crippen LogP contribution in [0.2, 0.25) is 0 Å². The van der Waals surface area contributed by atoms with Crippen molar-refractivity contribution in [2.45, 2.75) is 13.0 Å². The molecule has 0 atom stereocenters. The minimum absolute atomic E-state index is 0.158. The van der Waals surface area contributed by atoms with Gasteiger partial charge in [-0.25, -0.2) is 4.39 Å². The van der Waals surface area contributed by atoms with E-state index in [0.29, 0.717) is 11.3 Å². The van der Waals surface area contributed by atoms with E-state index in [0.717, 1.165) is 10.0 Å². The van der Waals surface area contributed by atoms with E-state index >= 15 is 0 Å². The maximum atomic E-state index is 13.5. The van der Waals surface area contributed by atoms with E-state index in [1.807, 2.05) is 0 Å². The number of halogens is 2. The molecule has 0 saturated heterocycles. The molecule has 104 valence electrons. The highest BCUT2D eigenvalue weighted by Crippen LogP contribution is 2.15. The van der Waals surface area contributed by atoms with Gasteiger partial charge in [0.2, 0.25) is 5.91 Å². The van der Waals surface area contributed by atoms with Crippen LogP contribution in [0, 0.1) is 5.82 Å². The molecule has 1 amide bonds. The molecule has 0 aliphatic carbocycles. The van der Waals surface area contributed by atoms with E-state index < -0.39 is 0 Å². The van der Waals surface area contributed by atoms with Crippen LogP contribution in [-0.2, 0) is 17.8 Å². The van der Waals surface area contributed by atoms with Gasteiger partial charge in [0.25, 0.3) is 0 Å². The smallest absolute Gasteiger partial charge is 0.224 e. The first-order valence-corrected chi connectivity index (χ1v) is 6.89. The summed E-state index contributed by atoms with van der Waals surface area (Å²) in [7, 11) is 0. The molecule has 0 fully saturated rings. The highest BCUT2D eigenvalue weighted by atomic mass is 79.9. The Morgan fingerprint density at radius 3 is 2.60 bits per heavy atom. The summed E-state index contributed by atoms with van der Waals surface area (Å²) in [5, 5.41) is 2.70. The minimum atomic E-state index is -0.332. The Labute approximate surface area is 125 Å². The Morgan fingerprint density at radius 1 is 1.20 bits per heavy atom. The Morgan fingerprint density at radius 2 is 1.90 bits per heavy atom. The first kappa shape index (κ1) is 14.5. The van der Waals surface area contributed by atoms with Gasteiger partial charge >= 0.3 is 0 Å². The van der Waals surface area contributed by atoms with Gasteiger partial charge in [0.15, 0.2) is 0 Å². The molecule has 3 nitrogen and oxygen atoms in total. The van der Waals surface area contributed by atoms with E-state index in [2.05, 4.69) is 21.2 Å². The Hall–Kier alpha value is -1.88. The molecule has 2 aromatic carbocycles. The van der Waals surface area contributed by atoms with Gasteiger partial charge < -0.3 is 11.1 Å². The highest BCUT2D eigenvalue weighted by molar-refractivity contribution is 9.10. The topological polar surface area (TPSA) is 55.1 Å². The SMILES string of the molecule is Nc1ccc(CC(=O)NCc2cc(Br)ccc2F)cc1. The second kappa shape index (κ2) is 6.52. The molecule has 3 N–H and O–H groups in total. The van der Waals surface area contributed by atoms with Gasteiger partial charge in [0.05, 0.1) is 6.42 Å². The van der Waals surface area contributed by atoms with Crippen LogP contribution in [0.15, 0.2) is 46.9 Å². The van der Waals surface area contributed by atoms with Crippen LogP contribution in [0.4, 0.5) is 10.1 Å². The molecule has 2 aromatic rings. The fourth-order valence-corrected chi connectivity index (χ4v) is 2.16. The lowest BCUT2D eigenvalue weighted by molar-refractivity contribution is -0.120. The van der Waals surface area contributed by atoms with Crippen LogP contribution < -0.4 is 11.1 Å². The van der Waals surface area contributed by atoms with Crippen LogP contribution in [0.25, 0.3) is 0 Å². The van der Waals surface area contributed by atoms with E-state index in [-0.39, 0.29) is 24.7 Å². The van der Waals surface area contributed by atoms with E-state index in [1.54, 1.807) is 36.4 Å². The van der Waals surface area contributed by atoms with E-state index in [4.69, 9.17) is 5.73 Å². The molecule has 0 saturated carbocycles. The lowest BCUT2D eigenvalue weighted by Gasteiger charge is -2.07. The van der Waals surface area contributed by atoms with Crippen molar-refractivity contribution in [2.24, 2.45) is 0 Å². The van der Waals surface area contributed by atoms with Gasteiger partial charge in [0, 0.05) is 22.3 Å². The number of nitrogens with two attached hydrogens (primary N) is 1. The zero-order chi connectivity index (χ0) is 14.5. The monoisotopic (exact) mass is 336 g/mol. The quantitative estimate of drug-likeness (QED) is 0.843. The van der Waals surface area contributed by atoms with Gasteiger partial charge in [-0.2, -0.15) is 0 Å². The van der Waals surface area contributed by atoms with Gasteiger partial charge in [-0.15, -0.1) is 0 Å². The van der Waals surface area contributed by atoms with Crippen molar-refractivity contribution in [3.63, 3.8) is 0 Å². The summed E-state index contributed by atoms with van der Waals surface area (Å²) in [6, 6.07) is 11.7. The number of carbonyl (C=O) groups excluding carboxylic acids is 1. The third kappa shape index (κ3) is 4.06. The molecule has 0 heterocycles. The minimum Gasteiger partial charge on any atom is -0.399 e. The first-order chi connectivity index (χ1) is 9.54. The molecule has 2 rings (SSSR count). The lowest BCUT2D eigenvalue weighted by Crippen LogP contribution is -2.25. The van der Waals surface area contributed by atoms with Crippen molar-refractivity contribution < 1.29 is 9.18 Å². The highest BCUT2D eigenvalue weighted by Gasteiger charge is 2.06. The summed E-state index contributed by atoms with van der Waals surface area (Å²) in [5.74, 6) is -0.491. The summed E-state index contributed by atoms with van der Waals surface area (Å²) in [6.45, 7) is 0.166. The number of rotatable bonds is 4. The summed E-state index contributed by atoms with van der Waals surface area (Å²) in [4.78, 5) is 11.8. The molecule has 0 aliphatic rings. The Balaban J connectivity index is 1.92. The predicted octanol–water partition coefficient (Wildman–Crippen LogP) is 3.03. The zero-order valence-electron chi connectivity index (χ0n) is 10.7. The normalized spacial score (nSPS) is 10.3. The molecule has 0 spiro atoms. The predicted molar refractivity (Wildman–Crippen MR) is 80.5 cm³/mol. The summed E-state index contributed by atoms with van der Waals surface area (Å²) in [5.41, 5.74) is 7.55.